The Morgan fingerprint density at radius 1 is 1.20 bits per heavy atom. The van der Waals surface area contributed by atoms with E-state index in [1.165, 1.54) is 29.5 Å². The van der Waals surface area contributed by atoms with E-state index in [4.69, 9.17) is 0 Å². The van der Waals surface area contributed by atoms with Gasteiger partial charge in [0.05, 0.1) is 26.4 Å². The summed E-state index contributed by atoms with van der Waals surface area (Å²) in [5, 5.41) is 3.55. The Morgan fingerprint density at radius 3 is 2.68 bits per heavy atom. The van der Waals surface area contributed by atoms with E-state index in [9.17, 15) is 18.0 Å². The van der Waals surface area contributed by atoms with Crippen molar-refractivity contribution in [3.8, 4) is 0 Å². The minimum absolute atomic E-state index is 0.397. The first-order valence-electron chi connectivity index (χ1n) is 7.75. The van der Waals surface area contributed by atoms with Gasteiger partial charge in [0.2, 0.25) is 0 Å². The predicted octanol–water partition coefficient (Wildman–Crippen LogP) is 5.52. The summed E-state index contributed by atoms with van der Waals surface area (Å²) in [7, 11) is 0. The first-order valence-corrected chi connectivity index (χ1v) is 8.57. The maximum atomic E-state index is 13.0. The second-order valence-electron chi connectivity index (χ2n) is 5.54. The molecule has 0 bridgehead atoms. The highest BCUT2D eigenvalue weighted by Crippen LogP contribution is 2.32. The fourth-order valence-corrected chi connectivity index (χ4v) is 3.61. The van der Waals surface area contributed by atoms with Crippen LogP contribution in [-0.4, -0.2) is 10.9 Å². The topological polar surface area (TPSA) is 42.0 Å². The molecular formula is C18H15F3N2OS. The van der Waals surface area contributed by atoms with Crippen LogP contribution in [0.2, 0.25) is 0 Å². The molecule has 7 heteroatoms. The zero-order valence-electron chi connectivity index (χ0n) is 13.4. The van der Waals surface area contributed by atoms with Crippen LogP contribution < -0.4 is 5.32 Å². The van der Waals surface area contributed by atoms with Crippen LogP contribution >= 0.6 is 11.3 Å². The van der Waals surface area contributed by atoms with Gasteiger partial charge < -0.3 is 5.32 Å². The third-order valence-electron chi connectivity index (χ3n) is 3.63. The SMILES string of the molecule is CCCc1nc2ccc(NC(=O)c3ccccc3C(F)(F)F)cc2s1. The summed E-state index contributed by atoms with van der Waals surface area (Å²) in [6.07, 6.45) is -2.72. The van der Waals surface area contributed by atoms with Crippen molar-refractivity contribution in [2.24, 2.45) is 0 Å². The van der Waals surface area contributed by atoms with Crippen molar-refractivity contribution in [1.82, 2.24) is 4.98 Å². The fourth-order valence-electron chi connectivity index (χ4n) is 2.50. The summed E-state index contributed by atoms with van der Waals surface area (Å²) in [5.74, 6) is -0.787. The standard InChI is InChI=1S/C18H15F3N2OS/c1-2-5-16-23-14-9-8-11(10-15(14)25-16)22-17(24)12-6-3-4-7-13(12)18(19,20)21/h3-4,6-10H,2,5H2,1H3,(H,22,24). The molecule has 0 saturated heterocycles. The van der Waals surface area contributed by atoms with Crippen LogP contribution in [0, 0.1) is 0 Å². The zero-order valence-corrected chi connectivity index (χ0v) is 14.2. The van der Waals surface area contributed by atoms with Gasteiger partial charge in [0.1, 0.15) is 0 Å². The number of hydrogen-bond acceptors (Lipinski definition) is 3. The lowest BCUT2D eigenvalue weighted by Gasteiger charge is -2.12. The Kier molecular flexibility index (Phi) is 4.76. The molecule has 1 amide bonds. The number of amides is 1. The Morgan fingerprint density at radius 2 is 1.96 bits per heavy atom. The van der Waals surface area contributed by atoms with Crippen LogP contribution in [0.15, 0.2) is 42.5 Å². The number of thiazole rings is 1. The molecule has 2 aromatic carbocycles. The monoisotopic (exact) mass is 364 g/mol. The summed E-state index contributed by atoms with van der Waals surface area (Å²) in [4.78, 5) is 16.8. The number of benzene rings is 2. The van der Waals surface area contributed by atoms with E-state index in [-0.39, 0.29) is 0 Å². The molecule has 0 aliphatic rings. The average molecular weight is 364 g/mol. The highest BCUT2D eigenvalue weighted by atomic mass is 32.1. The van der Waals surface area contributed by atoms with E-state index in [1.807, 2.05) is 0 Å². The molecule has 130 valence electrons. The van der Waals surface area contributed by atoms with E-state index in [0.29, 0.717) is 5.69 Å². The smallest absolute Gasteiger partial charge is 0.322 e. The molecule has 0 fully saturated rings. The van der Waals surface area contributed by atoms with Crippen molar-refractivity contribution in [3.05, 3.63) is 58.6 Å². The number of halogens is 3. The average Bonchev–Trinajstić information content (AvgIpc) is 2.96. The number of fused-ring (bicyclic) bond motifs is 1. The first-order chi connectivity index (χ1) is 11.9. The number of aromatic nitrogens is 1. The maximum absolute atomic E-state index is 13.0. The van der Waals surface area contributed by atoms with Crippen molar-refractivity contribution >= 4 is 33.1 Å². The zero-order chi connectivity index (χ0) is 18.0. The number of nitrogens with zero attached hydrogens (tertiary/aromatic N) is 1. The van der Waals surface area contributed by atoms with Gasteiger partial charge in [-0.05, 0) is 43.2 Å². The Bertz CT molecular complexity index is 918. The highest BCUT2D eigenvalue weighted by Gasteiger charge is 2.34. The molecule has 1 heterocycles. The Hall–Kier alpha value is -2.41. The van der Waals surface area contributed by atoms with Crippen LogP contribution in [0.4, 0.5) is 18.9 Å². The second-order valence-corrected chi connectivity index (χ2v) is 6.65. The molecule has 1 aromatic heterocycles. The lowest BCUT2D eigenvalue weighted by atomic mass is 10.1. The minimum atomic E-state index is -4.58. The van der Waals surface area contributed by atoms with Crippen LogP contribution in [0.5, 0.6) is 0 Å². The number of rotatable bonds is 4. The molecule has 0 radical (unpaired) electrons. The van der Waals surface area contributed by atoms with Gasteiger partial charge in [-0.3, -0.25) is 4.79 Å². The third-order valence-corrected chi connectivity index (χ3v) is 4.71. The molecule has 3 rings (SSSR count). The molecule has 0 unspecified atom stereocenters. The predicted molar refractivity (Wildman–Crippen MR) is 93.0 cm³/mol. The van der Waals surface area contributed by atoms with E-state index >= 15 is 0 Å². The maximum Gasteiger partial charge on any atom is 0.417 e. The van der Waals surface area contributed by atoms with Crippen molar-refractivity contribution in [2.75, 3.05) is 5.32 Å². The van der Waals surface area contributed by atoms with Crippen LogP contribution in [-0.2, 0) is 12.6 Å². The number of hydrogen-bond donors (Lipinski definition) is 1. The van der Waals surface area contributed by atoms with Gasteiger partial charge in [-0.25, -0.2) is 4.98 Å². The second kappa shape index (κ2) is 6.84. The van der Waals surface area contributed by atoms with Gasteiger partial charge in [0, 0.05) is 5.69 Å². The van der Waals surface area contributed by atoms with Crippen LogP contribution in [0.25, 0.3) is 10.2 Å². The molecule has 0 spiro atoms. The molecule has 3 aromatic rings. The molecule has 3 nitrogen and oxygen atoms in total. The van der Waals surface area contributed by atoms with E-state index in [0.717, 1.165) is 34.1 Å². The number of aryl methyl sites for hydroxylation is 1. The lowest BCUT2D eigenvalue weighted by molar-refractivity contribution is -0.137. The molecule has 0 saturated carbocycles. The van der Waals surface area contributed by atoms with Crippen molar-refractivity contribution in [2.45, 2.75) is 25.9 Å². The lowest BCUT2D eigenvalue weighted by Crippen LogP contribution is -2.18. The number of anilines is 1. The summed E-state index contributed by atoms with van der Waals surface area (Å²) >= 11 is 1.52. The van der Waals surface area contributed by atoms with Gasteiger partial charge in [0.15, 0.2) is 0 Å². The van der Waals surface area contributed by atoms with E-state index in [2.05, 4.69) is 17.2 Å². The Balaban J connectivity index is 1.87. The summed E-state index contributed by atoms with van der Waals surface area (Å²) in [6, 6.07) is 9.88. The van der Waals surface area contributed by atoms with E-state index in [1.54, 1.807) is 18.2 Å². The normalized spacial score (nSPS) is 11.7. The van der Waals surface area contributed by atoms with Gasteiger partial charge in [0.25, 0.3) is 5.91 Å². The van der Waals surface area contributed by atoms with Gasteiger partial charge in [-0.15, -0.1) is 11.3 Å². The minimum Gasteiger partial charge on any atom is -0.322 e. The molecule has 25 heavy (non-hydrogen) atoms. The van der Waals surface area contributed by atoms with Crippen LogP contribution in [0.1, 0.15) is 34.3 Å². The Labute approximate surface area is 146 Å². The summed E-state index contributed by atoms with van der Waals surface area (Å²) < 4.78 is 40.0. The fraction of sp³-hybridized carbons (Fsp3) is 0.222. The number of carbonyl (C=O) groups is 1. The van der Waals surface area contributed by atoms with E-state index < -0.39 is 23.2 Å². The number of carbonyl (C=O) groups excluding carboxylic acids is 1. The van der Waals surface area contributed by atoms with Gasteiger partial charge >= 0.3 is 6.18 Å². The molecule has 0 aliphatic heterocycles. The summed E-state index contributed by atoms with van der Waals surface area (Å²) in [5.41, 5.74) is -0.0778. The first kappa shape index (κ1) is 17.4. The van der Waals surface area contributed by atoms with Crippen molar-refractivity contribution in [3.63, 3.8) is 0 Å². The largest absolute Gasteiger partial charge is 0.417 e. The number of nitrogens with one attached hydrogen (secondary N) is 1. The highest BCUT2D eigenvalue weighted by molar-refractivity contribution is 7.18. The van der Waals surface area contributed by atoms with Crippen LogP contribution in [0.3, 0.4) is 0 Å². The number of alkyl halides is 3. The van der Waals surface area contributed by atoms with Crippen molar-refractivity contribution < 1.29 is 18.0 Å². The summed E-state index contributed by atoms with van der Waals surface area (Å²) in [6.45, 7) is 2.07. The molecule has 1 N–H and O–H groups in total. The third kappa shape index (κ3) is 3.82. The molecular weight excluding hydrogens is 349 g/mol. The quantitative estimate of drug-likeness (QED) is 0.662. The molecule has 0 atom stereocenters. The van der Waals surface area contributed by atoms with Gasteiger partial charge in [-0.2, -0.15) is 13.2 Å². The molecule has 0 aliphatic carbocycles. The van der Waals surface area contributed by atoms with Gasteiger partial charge in [-0.1, -0.05) is 19.1 Å². The van der Waals surface area contributed by atoms with Crippen molar-refractivity contribution in [1.29, 1.82) is 0 Å².